The molecule has 0 saturated carbocycles. The zero-order chi connectivity index (χ0) is 20.0. The molecule has 2 rings (SSSR count). The molecule has 2 aromatic carbocycles. The van der Waals surface area contributed by atoms with Crippen LogP contribution in [0.15, 0.2) is 54.6 Å². The van der Waals surface area contributed by atoms with Gasteiger partial charge in [0.1, 0.15) is 0 Å². The van der Waals surface area contributed by atoms with Gasteiger partial charge in [0.05, 0.1) is 24.9 Å². The normalized spacial score (nSPS) is 17.3. The average molecular weight is 373 g/mol. The van der Waals surface area contributed by atoms with Crippen molar-refractivity contribution in [1.82, 2.24) is 4.90 Å². The average Bonchev–Trinajstić information content (AvgIpc) is 2.72. The number of benzene rings is 2. The first-order valence-electron chi connectivity index (χ1n) is 9.34. The molecule has 0 amide bonds. The fourth-order valence-corrected chi connectivity index (χ4v) is 3.13. The van der Waals surface area contributed by atoms with Crippen LogP contribution in [-0.4, -0.2) is 51.1 Å². The van der Waals surface area contributed by atoms with Crippen molar-refractivity contribution in [2.45, 2.75) is 44.8 Å². The summed E-state index contributed by atoms with van der Waals surface area (Å²) in [5.41, 5.74) is 2.32. The molecule has 5 atom stereocenters. The third-order valence-corrected chi connectivity index (χ3v) is 5.38. The van der Waals surface area contributed by atoms with Crippen LogP contribution in [0.2, 0.25) is 0 Å². The highest BCUT2D eigenvalue weighted by molar-refractivity contribution is 5.24. The van der Waals surface area contributed by atoms with Crippen molar-refractivity contribution in [3.05, 3.63) is 71.3 Å². The number of nitrogens with zero attached hydrogens (tertiary/aromatic N) is 1. The predicted molar refractivity (Wildman–Crippen MR) is 106 cm³/mol. The second-order valence-corrected chi connectivity index (χ2v) is 7.31. The van der Waals surface area contributed by atoms with E-state index in [1.807, 2.05) is 49.2 Å². The summed E-state index contributed by atoms with van der Waals surface area (Å²) >= 11 is 0. The number of likely N-dealkylation sites (N-methyl/N-ethyl adjacent to an activating group) is 1. The molecule has 5 heteroatoms. The number of hydrogen-bond acceptors (Lipinski definition) is 5. The van der Waals surface area contributed by atoms with Crippen molar-refractivity contribution in [3.8, 4) is 0 Å². The molecule has 0 fully saturated rings. The molecule has 0 radical (unpaired) electrons. The molecule has 27 heavy (non-hydrogen) atoms. The first kappa shape index (κ1) is 21.5. The number of hydrogen-bond donors (Lipinski definition) is 4. The molecular weight excluding hydrogens is 342 g/mol. The van der Waals surface area contributed by atoms with Crippen molar-refractivity contribution in [2.24, 2.45) is 5.92 Å². The predicted octanol–water partition coefficient (Wildman–Crippen LogP) is 2.26. The molecule has 0 aliphatic heterocycles. The molecule has 148 valence electrons. The topological polar surface area (TPSA) is 84.2 Å². The minimum absolute atomic E-state index is 0.0407. The maximum atomic E-state index is 10.6. The summed E-state index contributed by atoms with van der Waals surface area (Å²) in [6, 6.07) is 16.3. The largest absolute Gasteiger partial charge is 0.392 e. The maximum absolute atomic E-state index is 10.6. The monoisotopic (exact) mass is 373 g/mol. The molecule has 0 aliphatic carbocycles. The Hall–Kier alpha value is -1.76. The summed E-state index contributed by atoms with van der Waals surface area (Å²) in [6.07, 6.45) is -2.22. The highest BCUT2D eigenvalue weighted by atomic mass is 16.3. The minimum atomic E-state index is -0.810. The highest BCUT2D eigenvalue weighted by Gasteiger charge is 2.28. The van der Waals surface area contributed by atoms with E-state index in [4.69, 9.17) is 5.11 Å². The number of rotatable bonds is 9. The Morgan fingerprint density at radius 1 is 0.815 bits per heavy atom. The summed E-state index contributed by atoms with van der Waals surface area (Å²) in [4.78, 5) is 1.90. The van der Waals surface area contributed by atoms with Crippen molar-refractivity contribution in [1.29, 1.82) is 0 Å². The van der Waals surface area contributed by atoms with Gasteiger partial charge >= 0.3 is 0 Å². The first-order chi connectivity index (χ1) is 12.8. The Bertz CT molecular complexity index is 676. The standard InChI is InChI=1S/C22H31NO4/c1-15(21(26)19-11-9-17(14-24)10-12-19)20(25)13-23(3)16(2)22(27)18-7-5-4-6-8-18/h4-12,15-16,20-22,24-27H,13-14H2,1-3H3/t15-,16+,20+,21+,22+/m0/s1. The summed E-state index contributed by atoms with van der Waals surface area (Å²) in [6.45, 7) is 4.01. The molecule has 0 spiro atoms. The van der Waals surface area contributed by atoms with Gasteiger partial charge in [-0.1, -0.05) is 61.5 Å². The van der Waals surface area contributed by atoms with Gasteiger partial charge in [-0.25, -0.2) is 0 Å². The summed E-state index contributed by atoms with van der Waals surface area (Å²) < 4.78 is 0. The molecule has 2 aromatic rings. The van der Waals surface area contributed by atoms with E-state index >= 15 is 0 Å². The van der Waals surface area contributed by atoms with Crippen LogP contribution >= 0.6 is 0 Å². The summed E-state index contributed by atoms with van der Waals surface area (Å²) in [7, 11) is 1.86. The third kappa shape index (κ3) is 5.61. The molecule has 0 bridgehead atoms. The van der Waals surface area contributed by atoms with Gasteiger partial charge in [0.2, 0.25) is 0 Å². The zero-order valence-corrected chi connectivity index (χ0v) is 16.2. The van der Waals surface area contributed by atoms with Crippen molar-refractivity contribution < 1.29 is 20.4 Å². The Balaban J connectivity index is 1.96. The van der Waals surface area contributed by atoms with Gasteiger partial charge in [0.25, 0.3) is 0 Å². The lowest BCUT2D eigenvalue weighted by atomic mass is 9.91. The molecule has 0 unspecified atom stereocenters. The van der Waals surface area contributed by atoms with Crippen LogP contribution < -0.4 is 0 Å². The van der Waals surface area contributed by atoms with E-state index in [9.17, 15) is 15.3 Å². The van der Waals surface area contributed by atoms with Gasteiger partial charge < -0.3 is 20.4 Å². The van der Waals surface area contributed by atoms with E-state index in [0.717, 1.165) is 11.1 Å². The first-order valence-corrected chi connectivity index (χ1v) is 9.34. The Labute approximate surface area is 161 Å². The highest BCUT2D eigenvalue weighted by Crippen LogP contribution is 2.26. The molecule has 0 aliphatic rings. The maximum Gasteiger partial charge on any atom is 0.0942 e. The van der Waals surface area contributed by atoms with Crippen molar-refractivity contribution in [3.63, 3.8) is 0 Å². The summed E-state index contributed by atoms with van der Waals surface area (Å²) in [5, 5.41) is 40.8. The molecule has 4 N–H and O–H groups in total. The van der Waals surface area contributed by atoms with Crippen LogP contribution in [-0.2, 0) is 6.61 Å². The van der Waals surface area contributed by atoms with Gasteiger partial charge in [0, 0.05) is 18.5 Å². The lowest BCUT2D eigenvalue weighted by molar-refractivity contribution is -0.0135. The van der Waals surface area contributed by atoms with E-state index in [1.54, 1.807) is 31.2 Å². The number of aliphatic hydroxyl groups is 4. The van der Waals surface area contributed by atoms with Crippen LogP contribution in [0.1, 0.15) is 42.7 Å². The Morgan fingerprint density at radius 2 is 1.37 bits per heavy atom. The van der Waals surface area contributed by atoms with Gasteiger partial charge in [-0.2, -0.15) is 0 Å². The van der Waals surface area contributed by atoms with E-state index in [0.29, 0.717) is 12.1 Å². The minimum Gasteiger partial charge on any atom is -0.392 e. The lowest BCUT2D eigenvalue weighted by Crippen LogP contribution is -2.42. The number of aliphatic hydroxyl groups excluding tert-OH is 4. The second-order valence-electron chi connectivity index (χ2n) is 7.31. The van der Waals surface area contributed by atoms with Crippen LogP contribution in [0.4, 0.5) is 0 Å². The molecule has 5 nitrogen and oxygen atoms in total. The fraction of sp³-hybridized carbons (Fsp3) is 0.455. The SMILES string of the molecule is C[C@@H]([C@H](O)CN(C)[C@H](C)[C@@H](O)c1ccccc1)[C@@H](O)c1ccc(CO)cc1. The Morgan fingerprint density at radius 3 is 1.93 bits per heavy atom. The smallest absolute Gasteiger partial charge is 0.0942 e. The Kier molecular flexibility index (Phi) is 7.95. The molecule has 0 saturated heterocycles. The fourth-order valence-electron chi connectivity index (χ4n) is 3.13. The van der Waals surface area contributed by atoms with Gasteiger partial charge in [0.15, 0.2) is 0 Å². The quantitative estimate of drug-likeness (QED) is 0.542. The molecule has 0 heterocycles. The van der Waals surface area contributed by atoms with Gasteiger partial charge in [-0.3, -0.25) is 4.90 Å². The van der Waals surface area contributed by atoms with Crippen LogP contribution in [0.5, 0.6) is 0 Å². The van der Waals surface area contributed by atoms with Gasteiger partial charge in [-0.05, 0) is 30.7 Å². The summed E-state index contributed by atoms with van der Waals surface area (Å²) in [5.74, 6) is -0.381. The van der Waals surface area contributed by atoms with Crippen LogP contribution in [0.3, 0.4) is 0 Å². The van der Waals surface area contributed by atoms with E-state index in [1.165, 1.54) is 0 Å². The van der Waals surface area contributed by atoms with E-state index in [-0.39, 0.29) is 18.6 Å². The van der Waals surface area contributed by atoms with Crippen LogP contribution in [0, 0.1) is 5.92 Å². The van der Waals surface area contributed by atoms with Crippen LogP contribution in [0.25, 0.3) is 0 Å². The van der Waals surface area contributed by atoms with E-state index in [2.05, 4.69) is 0 Å². The van der Waals surface area contributed by atoms with E-state index < -0.39 is 18.3 Å². The second kappa shape index (κ2) is 9.97. The molecule has 0 aromatic heterocycles. The van der Waals surface area contributed by atoms with Gasteiger partial charge in [-0.15, -0.1) is 0 Å². The third-order valence-electron chi connectivity index (χ3n) is 5.38. The van der Waals surface area contributed by atoms with Crippen molar-refractivity contribution >= 4 is 0 Å². The molecular formula is C22H31NO4. The van der Waals surface area contributed by atoms with Crippen molar-refractivity contribution in [2.75, 3.05) is 13.6 Å². The lowest BCUT2D eigenvalue weighted by Gasteiger charge is -2.33. The zero-order valence-electron chi connectivity index (χ0n) is 16.2.